The lowest BCUT2D eigenvalue weighted by atomic mass is 10.1. The standard InChI is InChI=1S/C28H35N7O5S/c1-18-13-22(17-29-14-18)27-32-33-28(35(27)24-20(3)9-8-10-23(24)39-7)34(5)41(36,37)21(4)25(40-12-11-38-6)26-30-15-19(2)16-31-26/h8-10,13-17,21,25H,11-12H2,1-7H3/t21-,25-/m1/s1. The number of ether oxygens (including phenoxy) is 3. The van der Waals surface area contributed by atoms with Gasteiger partial charge in [0, 0.05) is 44.5 Å². The average molecular weight is 582 g/mol. The normalized spacial score (nSPS) is 13.1. The summed E-state index contributed by atoms with van der Waals surface area (Å²) < 4.78 is 48.0. The molecule has 0 N–H and O–H groups in total. The number of aromatic nitrogens is 6. The van der Waals surface area contributed by atoms with Gasteiger partial charge >= 0.3 is 0 Å². The van der Waals surface area contributed by atoms with Crippen LogP contribution in [0.25, 0.3) is 17.1 Å². The lowest BCUT2D eigenvalue weighted by Crippen LogP contribution is -2.40. The van der Waals surface area contributed by atoms with Crippen LogP contribution in [0.4, 0.5) is 5.95 Å². The first-order valence-electron chi connectivity index (χ1n) is 13.0. The molecule has 3 aromatic heterocycles. The Labute approximate surface area is 240 Å². The Bertz CT molecular complexity index is 1590. The molecule has 0 saturated carbocycles. The summed E-state index contributed by atoms with van der Waals surface area (Å²) in [4.78, 5) is 13.0. The minimum absolute atomic E-state index is 0.0708. The molecule has 0 amide bonds. The third-order valence-corrected chi connectivity index (χ3v) is 8.74. The van der Waals surface area contributed by atoms with E-state index in [1.54, 1.807) is 56.6 Å². The summed E-state index contributed by atoms with van der Waals surface area (Å²) in [5.74, 6) is 1.26. The third kappa shape index (κ3) is 6.21. The van der Waals surface area contributed by atoms with Crippen molar-refractivity contribution in [2.75, 3.05) is 38.8 Å². The second-order valence-corrected chi connectivity index (χ2v) is 12.0. The Morgan fingerprint density at radius 3 is 2.37 bits per heavy atom. The summed E-state index contributed by atoms with van der Waals surface area (Å²) in [5, 5.41) is 7.70. The van der Waals surface area contributed by atoms with Crippen LogP contribution in [0.2, 0.25) is 0 Å². The van der Waals surface area contributed by atoms with Crippen molar-refractivity contribution in [1.29, 1.82) is 0 Å². The summed E-state index contributed by atoms with van der Waals surface area (Å²) in [6.07, 6.45) is 5.67. The third-order valence-electron chi connectivity index (χ3n) is 6.62. The zero-order chi connectivity index (χ0) is 29.7. The first-order chi connectivity index (χ1) is 19.6. The van der Waals surface area contributed by atoms with Crippen molar-refractivity contribution in [2.45, 2.75) is 39.0 Å². The summed E-state index contributed by atoms with van der Waals surface area (Å²) in [6, 6.07) is 7.48. The predicted molar refractivity (Wildman–Crippen MR) is 155 cm³/mol. The van der Waals surface area contributed by atoms with Crippen LogP contribution >= 0.6 is 0 Å². The van der Waals surface area contributed by atoms with Crippen LogP contribution in [-0.4, -0.2) is 77.9 Å². The molecular weight excluding hydrogens is 546 g/mol. The van der Waals surface area contributed by atoms with Crippen LogP contribution in [0.15, 0.2) is 49.1 Å². The van der Waals surface area contributed by atoms with Gasteiger partial charge in [0.2, 0.25) is 16.0 Å². The van der Waals surface area contributed by atoms with E-state index < -0.39 is 21.4 Å². The van der Waals surface area contributed by atoms with Gasteiger partial charge in [0.05, 0.1) is 26.0 Å². The van der Waals surface area contributed by atoms with E-state index in [0.29, 0.717) is 22.8 Å². The van der Waals surface area contributed by atoms with E-state index in [4.69, 9.17) is 14.2 Å². The predicted octanol–water partition coefficient (Wildman–Crippen LogP) is 3.61. The van der Waals surface area contributed by atoms with Gasteiger partial charge in [-0.25, -0.2) is 22.7 Å². The van der Waals surface area contributed by atoms with E-state index in [-0.39, 0.29) is 25.0 Å². The SMILES string of the molecule is COCCO[C@@H](c1ncc(C)cn1)[C@@H](C)S(=O)(=O)N(C)c1nnc(-c2cncc(C)c2)n1-c1c(C)cccc1OC. The minimum Gasteiger partial charge on any atom is -0.495 e. The highest BCUT2D eigenvalue weighted by atomic mass is 32.2. The zero-order valence-corrected chi connectivity index (χ0v) is 25.1. The maximum absolute atomic E-state index is 14.2. The molecule has 41 heavy (non-hydrogen) atoms. The molecule has 218 valence electrons. The van der Waals surface area contributed by atoms with Gasteiger partial charge in [0.15, 0.2) is 11.6 Å². The average Bonchev–Trinajstić information content (AvgIpc) is 3.39. The number of anilines is 1. The number of para-hydroxylation sites is 1. The molecule has 0 aliphatic carbocycles. The quantitative estimate of drug-likeness (QED) is 0.228. The lowest BCUT2D eigenvalue weighted by Gasteiger charge is -2.28. The topological polar surface area (TPSA) is 134 Å². The van der Waals surface area contributed by atoms with Crippen molar-refractivity contribution in [3.05, 3.63) is 71.6 Å². The fraction of sp³-hybridized carbons (Fsp3) is 0.393. The zero-order valence-electron chi connectivity index (χ0n) is 24.3. The largest absolute Gasteiger partial charge is 0.495 e. The van der Waals surface area contributed by atoms with Crippen LogP contribution in [0.3, 0.4) is 0 Å². The monoisotopic (exact) mass is 581 g/mol. The van der Waals surface area contributed by atoms with Gasteiger partial charge in [-0.2, -0.15) is 0 Å². The van der Waals surface area contributed by atoms with Gasteiger partial charge in [-0.3, -0.25) is 9.55 Å². The molecule has 0 aliphatic heterocycles. The highest BCUT2D eigenvalue weighted by Gasteiger charge is 2.39. The Kier molecular flexibility index (Phi) is 9.31. The Hall–Kier alpha value is -3.94. The van der Waals surface area contributed by atoms with Crippen molar-refractivity contribution in [1.82, 2.24) is 29.7 Å². The smallest absolute Gasteiger partial charge is 0.245 e. The van der Waals surface area contributed by atoms with Crippen molar-refractivity contribution in [2.24, 2.45) is 0 Å². The van der Waals surface area contributed by atoms with Crippen LogP contribution in [0, 0.1) is 20.8 Å². The summed E-state index contributed by atoms with van der Waals surface area (Å²) >= 11 is 0. The van der Waals surface area contributed by atoms with E-state index in [1.807, 2.05) is 39.0 Å². The highest BCUT2D eigenvalue weighted by molar-refractivity contribution is 7.93. The molecule has 0 unspecified atom stereocenters. The molecular formula is C28H35N7O5S. The number of pyridine rings is 1. The molecule has 0 saturated heterocycles. The summed E-state index contributed by atoms with van der Waals surface area (Å²) in [6.45, 7) is 7.68. The highest BCUT2D eigenvalue weighted by Crippen LogP contribution is 2.36. The molecule has 3 heterocycles. The van der Waals surface area contributed by atoms with Crippen LogP contribution in [-0.2, 0) is 19.5 Å². The van der Waals surface area contributed by atoms with Gasteiger partial charge in [-0.15, -0.1) is 10.2 Å². The van der Waals surface area contributed by atoms with Crippen molar-refractivity contribution >= 4 is 16.0 Å². The first-order valence-corrected chi connectivity index (χ1v) is 14.5. The van der Waals surface area contributed by atoms with Crippen LogP contribution in [0.1, 0.15) is 35.5 Å². The fourth-order valence-electron chi connectivity index (χ4n) is 4.38. The first kappa shape index (κ1) is 30.0. The Morgan fingerprint density at radius 1 is 0.976 bits per heavy atom. The second kappa shape index (κ2) is 12.7. The van der Waals surface area contributed by atoms with Gasteiger partial charge in [0.1, 0.15) is 17.1 Å². The number of sulfonamides is 1. The molecule has 0 radical (unpaired) electrons. The van der Waals surface area contributed by atoms with Gasteiger partial charge < -0.3 is 14.2 Å². The molecule has 4 aromatic rings. The van der Waals surface area contributed by atoms with Crippen molar-refractivity contribution < 1.29 is 22.6 Å². The van der Waals surface area contributed by atoms with Gasteiger partial charge in [-0.1, -0.05) is 12.1 Å². The molecule has 0 aliphatic rings. The van der Waals surface area contributed by atoms with Gasteiger partial charge in [0.25, 0.3) is 0 Å². The molecule has 12 nitrogen and oxygen atoms in total. The number of nitrogens with zero attached hydrogens (tertiary/aromatic N) is 7. The number of aryl methyl sites for hydroxylation is 3. The number of methoxy groups -OCH3 is 2. The molecule has 4 rings (SSSR count). The summed E-state index contributed by atoms with van der Waals surface area (Å²) in [7, 11) is 0.425. The summed E-state index contributed by atoms with van der Waals surface area (Å²) in [5.41, 5.74) is 3.87. The van der Waals surface area contributed by atoms with Crippen molar-refractivity contribution in [3.8, 4) is 22.8 Å². The number of benzene rings is 1. The molecule has 1 aromatic carbocycles. The molecule has 0 bridgehead atoms. The second-order valence-electron chi connectivity index (χ2n) is 9.66. The maximum atomic E-state index is 14.2. The number of hydrogen-bond acceptors (Lipinski definition) is 10. The van der Waals surface area contributed by atoms with Gasteiger partial charge in [-0.05, 0) is 56.5 Å². The molecule has 0 spiro atoms. The van der Waals surface area contributed by atoms with E-state index in [9.17, 15) is 8.42 Å². The number of rotatable bonds is 12. The minimum atomic E-state index is -4.12. The van der Waals surface area contributed by atoms with E-state index in [2.05, 4.69) is 25.1 Å². The van der Waals surface area contributed by atoms with E-state index >= 15 is 0 Å². The Morgan fingerprint density at radius 2 is 1.71 bits per heavy atom. The fourth-order valence-corrected chi connectivity index (χ4v) is 5.74. The van der Waals surface area contributed by atoms with Crippen LogP contribution in [0.5, 0.6) is 5.75 Å². The Balaban J connectivity index is 1.85. The van der Waals surface area contributed by atoms with Crippen LogP contribution < -0.4 is 9.04 Å². The van der Waals surface area contributed by atoms with E-state index in [1.165, 1.54) is 7.05 Å². The number of hydrogen-bond donors (Lipinski definition) is 0. The molecule has 13 heteroatoms. The molecule has 2 atom stereocenters. The van der Waals surface area contributed by atoms with Crippen molar-refractivity contribution in [3.63, 3.8) is 0 Å². The lowest BCUT2D eigenvalue weighted by molar-refractivity contribution is 0.0118. The molecule has 0 fully saturated rings. The van der Waals surface area contributed by atoms with E-state index in [0.717, 1.165) is 21.0 Å². The maximum Gasteiger partial charge on any atom is 0.245 e.